The topological polar surface area (TPSA) is 85.4 Å². The molecule has 21 heavy (non-hydrogen) atoms. The van der Waals surface area contributed by atoms with E-state index in [0.29, 0.717) is 24.7 Å². The summed E-state index contributed by atoms with van der Waals surface area (Å²) in [5.74, 6) is 0.481. The molecular weight excluding hydrogens is 290 g/mol. The van der Waals surface area contributed by atoms with E-state index in [9.17, 15) is 13.2 Å². The van der Waals surface area contributed by atoms with E-state index in [1.807, 2.05) is 13.8 Å². The monoisotopic (exact) mass is 313 g/mol. The van der Waals surface area contributed by atoms with Crippen LogP contribution in [0.25, 0.3) is 0 Å². The minimum absolute atomic E-state index is 0.00164. The van der Waals surface area contributed by atoms with Crippen LogP contribution in [0, 0.1) is 5.92 Å². The summed E-state index contributed by atoms with van der Waals surface area (Å²) in [5.41, 5.74) is 0.406. The molecule has 0 atom stereocenters. The summed E-state index contributed by atoms with van der Waals surface area (Å²) in [7, 11) is -3.79. The first-order chi connectivity index (χ1) is 9.86. The fourth-order valence-electron chi connectivity index (χ4n) is 2.37. The van der Waals surface area contributed by atoms with Gasteiger partial charge >= 0.3 is 0 Å². The summed E-state index contributed by atoms with van der Waals surface area (Å²) >= 11 is 0. The maximum absolute atomic E-state index is 12.6. The molecule has 2 rings (SSSR count). The molecule has 1 aromatic heterocycles. The number of nitrogens with zero attached hydrogens (tertiary/aromatic N) is 2. The molecule has 6 nitrogen and oxygen atoms in total. The second kappa shape index (κ2) is 6.19. The van der Waals surface area contributed by atoms with Gasteiger partial charge in [-0.05, 0) is 38.2 Å². The van der Waals surface area contributed by atoms with Gasteiger partial charge in [-0.25, -0.2) is 13.6 Å². The molecule has 0 bridgehead atoms. The van der Waals surface area contributed by atoms with Crippen molar-refractivity contribution in [3.8, 4) is 0 Å². The number of hydrogen-bond acceptors (Lipinski definition) is 3. The van der Waals surface area contributed by atoms with Crippen molar-refractivity contribution in [2.45, 2.75) is 44.6 Å². The lowest BCUT2D eigenvalue weighted by Gasteiger charge is -2.21. The average Bonchev–Trinajstić information content (AvgIpc) is 3.12. The van der Waals surface area contributed by atoms with Crippen molar-refractivity contribution < 1.29 is 13.2 Å². The van der Waals surface area contributed by atoms with Gasteiger partial charge < -0.3 is 9.47 Å². The fourth-order valence-corrected chi connectivity index (χ4v) is 2.92. The first kappa shape index (κ1) is 16.0. The Bertz CT molecular complexity index is 617. The van der Waals surface area contributed by atoms with Gasteiger partial charge in [-0.2, -0.15) is 0 Å². The van der Waals surface area contributed by atoms with Crippen molar-refractivity contribution in [3.05, 3.63) is 18.0 Å². The molecule has 1 fully saturated rings. The number of primary sulfonamides is 1. The highest BCUT2D eigenvalue weighted by Gasteiger charge is 2.28. The zero-order valence-electron chi connectivity index (χ0n) is 12.6. The number of nitrogens with two attached hydrogens (primary N) is 1. The third-order valence-electron chi connectivity index (χ3n) is 3.73. The number of carbonyl (C=O) groups excluding carboxylic acids is 1. The smallest absolute Gasteiger partial charge is 0.270 e. The molecule has 118 valence electrons. The summed E-state index contributed by atoms with van der Waals surface area (Å²) in [6, 6.07) is 1.39. The van der Waals surface area contributed by atoms with E-state index < -0.39 is 10.0 Å². The van der Waals surface area contributed by atoms with E-state index in [0.717, 1.165) is 13.0 Å². The predicted molar refractivity (Wildman–Crippen MR) is 80.4 cm³/mol. The number of sulfonamides is 1. The van der Waals surface area contributed by atoms with Gasteiger partial charge in [-0.1, -0.05) is 6.92 Å². The number of aryl methyl sites for hydroxylation is 1. The van der Waals surface area contributed by atoms with Gasteiger partial charge in [0.05, 0.1) is 0 Å². The Balaban J connectivity index is 2.30. The van der Waals surface area contributed by atoms with Crippen molar-refractivity contribution in [1.82, 2.24) is 9.47 Å². The van der Waals surface area contributed by atoms with Crippen molar-refractivity contribution in [3.63, 3.8) is 0 Å². The Hall–Kier alpha value is -1.34. The molecular formula is C14H23N3O3S. The number of rotatable bonds is 7. The Morgan fingerprint density at radius 3 is 2.57 bits per heavy atom. The summed E-state index contributed by atoms with van der Waals surface area (Å²) in [4.78, 5) is 14.4. The molecule has 0 saturated heterocycles. The van der Waals surface area contributed by atoms with Crippen LogP contribution < -0.4 is 5.14 Å². The second-order valence-electron chi connectivity index (χ2n) is 5.59. The van der Waals surface area contributed by atoms with Gasteiger partial charge in [0.1, 0.15) is 10.6 Å². The third-order valence-corrected chi connectivity index (χ3v) is 4.61. The van der Waals surface area contributed by atoms with Crippen molar-refractivity contribution >= 4 is 15.9 Å². The Labute approximate surface area is 126 Å². The first-order valence-electron chi connectivity index (χ1n) is 7.39. The highest BCUT2D eigenvalue weighted by atomic mass is 32.2. The average molecular weight is 313 g/mol. The molecule has 1 heterocycles. The van der Waals surface area contributed by atoms with E-state index in [2.05, 4.69) is 0 Å². The third kappa shape index (κ3) is 3.85. The molecule has 1 aromatic rings. The standard InChI is InChI=1S/C14H23N3O3S/c1-3-7-17-10-12(21(15,19)20)8-13(17)14(18)16(4-2)9-11-5-6-11/h8,10-11H,3-7,9H2,1-2H3,(H2,15,19,20). The van der Waals surface area contributed by atoms with Gasteiger partial charge in [0.15, 0.2) is 0 Å². The maximum atomic E-state index is 12.6. The summed E-state index contributed by atoms with van der Waals surface area (Å²) in [6.45, 7) is 5.88. The lowest BCUT2D eigenvalue weighted by Crippen LogP contribution is -2.34. The molecule has 2 N–H and O–H groups in total. The van der Waals surface area contributed by atoms with Crippen LogP contribution in [0.3, 0.4) is 0 Å². The van der Waals surface area contributed by atoms with Crippen molar-refractivity contribution in [2.75, 3.05) is 13.1 Å². The highest BCUT2D eigenvalue weighted by molar-refractivity contribution is 7.89. The summed E-state index contributed by atoms with van der Waals surface area (Å²) in [6.07, 6.45) is 4.61. The van der Waals surface area contributed by atoms with Crippen LogP contribution in [0.5, 0.6) is 0 Å². The van der Waals surface area contributed by atoms with Crippen LogP contribution in [0.4, 0.5) is 0 Å². The maximum Gasteiger partial charge on any atom is 0.270 e. The molecule has 0 radical (unpaired) electrons. The number of amides is 1. The fraction of sp³-hybridized carbons (Fsp3) is 0.643. The molecule has 0 unspecified atom stereocenters. The molecule has 1 saturated carbocycles. The minimum atomic E-state index is -3.79. The second-order valence-corrected chi connectivity index (χ2v) is 7.15. The van der Waals surface area contributed by atoms with E-state index in [4.69, 9.17) is 5.14 Å². The Morgan fingerprint density at radius 1 is 1.43 bits per heavy atom. The van der Waals surface area contributed by atoms with E-state index in [-0.39, 0.29) is 10.8 Å². The van der Waals surface area contributed by atoms with Crippen LogP contribution in [0.2, 0.25) is 0 Å². The Morgan fingerprint density at radius 2 is 2.10 bits per heavy atom. The lowest BCUT2D eigenvalue weighted by molar-refractivity contribution is 0.0746. The molecule has 1 aliphatic rings. The number of carbonyl (C=O) groups is 1. The van der Waals surface area contributed by atoms with Crippen LogP contribution in [-0.4, -0.2) is 36.9 Å². The zero-order valence-corrected chi connectivity index (χ0v) is 13.4. The summed E-state index contributed by atoms with van der Waals surface area (Å²) < 4.78 is 24.7. The van der Waals surface area contributed by atoms with Gasteiger partial charge in [0.2, 0.25) is 10.0 Å². The normalized spacial score (nSPS) is 15.2. The zero-order chi connectivity index (χ0) is 15.6. The Kier molecular flexibility index (Phi) is 4.73. The van der Waals surface area contributed by atoms with Crippen molar-refractivity contribution in [2.24, 2.45) is 11.1 Å². The first-order valence-corrected chi connectivity index (χ1v) is 8.93. The quantitative estimate of drug-likeness (QED) is 0.826. The molecule has 7 heteroatoms. The molecule has 0 aliphatic heterocycles. The minimum Gasteiger partial charge on any atom is -0.342 e. The van der Waals surface area contributed by atoms with Crippen molar-refractivity contribution in [1.29, 1.82) is 0 Å². The molecule has 0 spiro atoms. The molecule has 0 aromatic carbocycles. The lowest BCUT2D eigenvalue weighted by atomic mass is 10.3. The number of hydrogen-bond donors (Lipinski definition) is 1. The largest absolute Gasteiger partial charge is 0.342 e. The van der Waals surface area contributed by atoms with E-state index in [1.54, 1.807) is 9.47 Å². The predicted octanol–water partition coefficient (Wildman–Crippen LogP) is 1.42. The van der Waals surface area contributed by atoms with Gasteiger partial charge in [0, 0.05) is 25.8 Å². The highest BCUT2D eigenvalue weighted by Crippen LogP contribution is 2.30. The van der Waals surface area contributed by atoms with Crippen LogP contribution >= 0.6 is 0 Å². The van der Waals surface area contributed by atoms with Crippen LogP contribution in [0.1, 0.15) is 43.6 Å². The molecule has 1 amide bonds. The number of aromatic nitrogens is 1. The van der Waals surface area contributed by atoms with E-state index in [1.165, 1.54) is 25.1 Å². The van der Waals surface area contributed by atoms with Gasteiger partial charge in [-0.3, -0.25) is 4.79 Å². The van der Waals surface area contributed by atoms with Gasteiger partial charge in [0.25, 0.3) is 5.91 Å². The van der Waals surface area contributed by atoms with E-state index >= 15 is 0 Å². The SMILES string of the molecule is CCCn1cc(S(N)(=O)=O)cc1C(=O)N(CC)CC1CC1. The molecule has 1 aliphatic carbocycles. The van der Waals surface area contributed by atoms with Crippen LogP contribution in [0.15, 0.2) is 17.2 Å². The van der Waals surface area contributed by atoms with Crippen LogP contribution in [-0.2, 0) is 16.6 Å². The summed E-state index contributed by atoms with van der Waals surface area (Å²) in [5, 5.41) is 5.17. The van der Waals surface area contributed by atoms with Gasteiger partial charge in [-0.15, -0.1) is 0 Å².